The Morgan fingerprint density at radius 3 is 2.59 bits per heavy atom. The molecule has 0 spiro atoms. The van der Waals surface area contributed by atoms with Crippen LogP contribution in [0.15, 0.2) is 60.3 Å². The van der Waals surface area contributed by atoms with Crippen molar-refractivity contribution in [2.24, 2.45) is 0 Å². The molecule has 0 aliphatic carbocycles. The number of urea groups is 1. The fourth-order valence-electron chi connectivity index (χ4n) is 4.49. The molecule has 0 bridgehead atoms. The summed E-state index contributed by atoms with van der Waals surface area (Å²) in [4.78, 5) is 37.1. The van der Waals surface area contributed by atoms with E-state index in [0.717, 1.165) is 11.4 Å². The van der Waals surface area contributed by atoms with Crippen molar-refractivity contribution in [1.82, 2.24) is 38.7 Å². The third kappa shape index (κ3) is 5.19. The van der Waals surface area contributed by atoms with Crippen molar-refractivity contribution in [3.05, 3.63) is 65.9 Å². The molecule has 12 heteroatoms. The monoisotopic (exact) mass is 506 g/mol. The molecule has 5 rings (SSSR count). The molecule has 0 atom stereocenters. The molecule has 1 fully saturated rings. The maximum absolute atomic E-state index is 13.2. The average Bonchev–Trinajstić information content (AvgIpc) is 3.57. The molecule has 12 nitrogen and oxygen atoms in total. The Labute approximate surface area is 213 Å². The van der Waals surface area contributed by atoms with E-state index in [1.165, 1.54) is 22.0 Å². The van der Waals surface area contributed by atoms with Crippen LogP contribution in [0.1, 0.15) is 12.8 Å². The number of piperidine rings is 1. The molecule has 194 valence electrons. The molecule has 0 unspecified atom stereocenters. The van der Waals surface area contributed by atoms with Gasteiger partial charge in [0, 0.05) is 39.6 Å². The number of imidazole rings is 1. The van der Waals surface area contributed by atoms with Gasteiger partial charge in [-0.05, 0) is 37.1 Å². The number of hydrogen-bond donors (Lipinski definition) is 1. The molecule has 4 heterocycles. The number of hydrogen-bond acceptors (Lipinski definition) is 7. The molecule has 1 saturated heterocycles. The highest BCUT2D eigenvalue weighted by Crippen LogP contribution is 2.25. The Balaban J connectivity index is 1.26. The van der Waals surface area contributed by atoms with Crippen LogP contribution in [-0.4, -0.2) is 89.2 Å². The topological polar surface area (TPSA) is 124 Å². The molecule has 0 radical (unpaired) electrons. The quantitative estimate of drug-likeness (QED) is 0.402. The Morgan fingerprint density at radius 2 is 1.92 bits per heavy atom. The van der Waals surface area contributed by atoms with E-state index in [9.17, 15) is 14.7 Å². The summed E-state index contributed by atoms with van der Waals surface area (Å²) in [6.07, 6.45) is 9.07. The number of aliphatic hydroxyl groups is 1. The van der Waals surface area contributed by atoms with Crippen LogP contribution in [0.2, 0.25) is 0 Å². The maximum atomic E-state index is 13.2. The number of likely N-dealkylation sites (tertiary alicyclic amines) is 1. The van der Waals surface area contributed by atoms with Gasteiger partial charge < -0.3 is 24.2 Å². The van der Waals surface area contributed by atoms with Crippen molar-refractivity contribution in [2.45, 2.75) is 31.5 Å². The summed E-state index contributed by atoms with van der Waals surface area (Å²) in [6, 6.07) is 7.33. The number of benzene rings is 1. The second kappa shape index (κ2) is 10.1. The SMILES string of the molecule is CN(C)C(=O)N1CCC(O)(Cn2cnc3c(cnn3-c3ccc(OCCn4ccnc4)cc3)c2=O)CC1. The van der Waals surface area contributed by atoms with E-state index in [1.807, 2.05) is 35.0 Å². The van der Waals surface area contributed by atoms with Crippen molar-refractivity contribution in [1.29, 1.82) is 0 Å². The van der Waals surface area contributed by atoms with Crippen molar-refractivity contribution in [3.63, 3.8) is 0 Å². The highest BCUT2D eigenvalue weighted by molar-refractivity contribution is 5.75. The van der Waals surface area contributed by atoms with Crippen molar-refractivity contribution in [3.8, 4) is 11.4 Å². The first-order valence-electron chi connectivity index (χ1n) is 12.1. The summed E-state index contributed by atoms with van der Waals surface area (Å²) in [7, 11) is 3.41. The second-order valence-electron chi connectivity index (χ2n) is 9.50. The fourth-order valence-corrected chi connectivity index (χ4v) is 4.49. The average molecular weight is 507 g/mol. The van der Waals surface area contributed by atoms with Gasteiger partial charge in [0.2, 0.25) is 0 Å². The van der Waals surface area contributed by atoms with Crippen LogP contribution in [0.3, 0.4) is 0 Å². The minimum atomic E-state index is -1.09. The number of carbonyl (C=O) groups excluding carboxylic acids is 1. The van der Waals surface area contributed by atoms with Crippen molar-refractivity contribution in [2.75, 3.05) is 33.8 Å². The van der Waals surface area contributed by atoms with E-state index in [1.54, 1.807) is 36.2 Å². The van der Waals surface area contributed by atoms with E-state index in [2.05, 4.69) is 15.1 Å². The summed E-state index contributed by atoms with van der Waals surface area (Å²) in [5, 5.41) is 15.9. The van der Waals surface area contributed by atoms with E-state index in [4.69, 9.17) is 4.74 Å². The number of aromatic nitrogens is 6. The second-order valence-corrected chi connectivity index (χ2v) is 9.50. The van der Waals surface area contributed by atoms with Gasteiger partial charge in [-0.25, -0.2) is 19.4 Å². The lowest BCUT2D eigenvalue weighted by Crippen LogP contribution is -2.51. The van der Waals surface area contributed by atoms with E-state index < -0.39 is 5.60 Å². The smallest absolute Gasteiger partial charge is 0.319 e. The lowest BCUT2D eigenvalue weighted by atomic mass is 9.91. The largest absolute Gasteiger partial charge is 0.492 e. The highest BCUT2D eigenvalue weighted by atomic mass is 16.5. The molecule has 1 aliphatic heterocycles. The molecular weight excluding hydrogens is 476 g/mol. The van der Waals surface area contributed by atoms with Gasteiger partial charge in [0.25, 0.3) is 5.56 Å². The van der Waals surface area contributed by atoms with Crippen LogP contribution in [0.25, 0.3) is 16.7 Å². The lowest BCUT2D eigenvalue weighted by Gasteiger charge is -2.39. The minimum Gasteiger partial charge on any atom is -0.492 e. The van der Waals surface area contributed by atoms with Crippen LogP contribution >= 0.6 is 0 Å². The Bertz CT molecular complexity index is 1420. The van der Waals surface area contributed by atoms with Gasteiger partial charge >= 0.3 is 6.03 Å². The first kappa shape index (κ1) is 24.5. The summed E-state index contributed by atoms with van der Waals surface area (Å²) in [6.45, 7) is 2.18. The Kier molecular flexibility index (Phi) is 6.66. The predicted octanol–water partition coefficient (Wildman–Crippen LogP) is 1.37. The standard InChI is InChI=1S/C25H30N8O4/c1-29(2)24(35)31-10-7-25(36,8-11-31)16-32-18-27-22-21(23(32)34)15-28-33(22)19-3-5-20(6-4-19)37-14-13-30-12-9-26-17-30/h3-6,9,12,15,17-18,36H,7-8,10-11,13-14,16H2,1-2H3. The van der Waals surface area contributed by atoms with Crippen LogP contribution in [0.5, 0.6) is 5.75 Å². The molecule has 2 amide bonds. The van der Waals surface area contributed by atoms with Crippen LogP contribution < -0.4 is 10.3 Å². The van der Waals surface area contributed by atoms with E-state index >= 15 is 0 Å². The van der Waals surface area contributed by atoms with Gasteiger partial charge in [-0.2, -0.15) is 5.10 Å². The number of amides is 2. The van der Waals surface area contributed by atoms with Crippen molar-refractivity contribution >= 4 is 17.1 Å². The Morgan fingerprint density at radius 1 is 1.16 bits per heavy atom. The zero-order valence-corrected chi connectivity index (χ0v) is 20.9. The summed E-state index contributed by atoms with van der Waals surface area (Å²) in [5.41, 5.74) is -0.172. The number of ether oxygens (including phenoxy) is 1. The number of fused-ring (bicyclic) bond motifs is 1. The zero-order valence-electron chi connectivity index (χ0n) is 20.9. The number of nitrogens with zero attached hydrogens (tertiary/aromatic N) is 8. The maximum Gasteiger partial charge on any atom is 0.319 e. The van der Waals surface area contributed by atoms with Crippen molar-refractivity contribution < 1.29 is 14.6 Å². The molecular formula is C25H30N8O4. The molecule has 1 aliphatic rings. The first-order chi connectivity index (χ1) is 17.8. The normalized spacial score (nSPS) is 15.2. The summed E-state index contributed by atoms with van der Waals surface area (Å²) < 4.78 is 10.8. The van der Waals surface area contributed by atoms with Crippen LogP contribution in [0, 0.1) is 0 Å². The molecule has 3 aromatic heterocycles. The predicted molar refractivity (Wildman–Crippen MR) is 136 cm³/mol. The molecule has 1 aromatic carbocycles. The highest BCUT2D eigenvalue weighted by Gasteiger charge is 2.35. The third-order valence-electron chi connectivity index (χ3n) is 6.63. The molecule has 1 N–H and O–H groups in total. The Hall–Kier alpha value is -4.19. The van der Waals surface area contributed by atoms with Gasteiger partial charge in [-0.15, -0.1) is 0 Å². The molecule has 37 heavy (non-hydrogen) atoms. The number of carbonyl (C=O) groups is 1. The number of rotatable bonds is 7. The lowest BCUT2D eigenvalue weighted by molar-refractivity contribution is -0.0282. The van der Waals surface area contributed by atoms with Crippen LogP contribution in [-0.2, 0) is 13.1 Å². The van der Waals surface area contributed by atoms with Gasteiger partial charge in [0.05, 0.1) is 36.9 Å². The molecule has 0 saturated carbocycles. The van der Waals surface area contributed by atoms with Gasteiger partial charge in [0.15, 0.2) is 5.65 Å². The minimum absolute atomic E-state index is 0.0798. The van der Waals surface area contributed by atoms with E-state index in [0.29, 0.717) is 50.1 Å². The summed E-state index contributed by atoms with van der Waals surface area (Å²) in [5.74, 6) is 0.724. The van der Waals surface area contributed by atoms with Gasteiger partial charge in [0.1, 0.15) is 24.1 Å². The fraction of sp³-hybridized carbons (Fsp3) is 0.400. The first-order valence-corrected chi connectivity index (χ1v) is 12.1. The molecule has 4 aromatic rings. The third-order valence-corrected chi connectivity index (χ3v) is 6.63. The zero-order chi connectivity index (χ0) is 26.0. The van der Waals surface area contributed by atoms with E-state index in [-0.39, 0.29) is 18.1 Å². The van der Waals surface area contributed by atoms with Crippen LogP contribution in [0.4, 0.5) is 4.79 Å². The summed E-state index contributed by atoms with van der Waals surface area (Å²) >= 11 is 0. The van der Waals surface area contributed by atoms with Gasteiger partial charge in [-0.1, -0.05) is 0 Å². The van der Waals surface area contributed by atoms with Gasteiger partial charge in [-0.3, -0.25) is 9.36 Å².